The predicted octanol–water partition coefficient (Wildman–Crippen LogP) is 4.08. The van der Waals surface area contributed by atoms with Gasteiger partial charge in [-0.3, -0.25) is 4.79 Å². The van der Waals surface area contributed by atoms with Crippen LogP contribution in [0.4, 0.5) is 0 Å². The number of carboxylic acids is 1. The zero-order chi connectivity index (χ0) is 16.5. The van der Waals surface area contributed by atoms with Crippen LogP contribution in [0.15, 0.2) is 12.1 Å². The molecule has 0 spiro atoms. The van der Waals surface area contributed by atoms with Crippen molar-refractivity contribution in [3.8, 4) is 5.75 Å². The Morgan fingerprint density at radius 1 is 1.41 bits per heavy atom. The number of rotatable bonds is 10. The molecule has 1 aromatic rings. The highest BCUT2D eigenvalue weighted by atomic mass is 35.5. The maximum Gasteiger partial charge on any atom is 0.320 e. The van der Waals surface area contributed by atoms with Gasteiger partial charge < -0.3 is 15.2 Å². The largest absolute Gasteiger partial charge is 0.490 e. The second-order valence-corrected chi connectivity index (χ2v) is 6.59. The van der Waals surface area contributed by atoms with Gasteiger partial charge in [-0.2, -0.15) is 11.8 Å². The van der Waals surface area contributed by atoms with Crippen LogP contribution in [0, 0.1) is 0 Å². The van der Waals surface area contributed by atoms with Crippen molar-refractivity contribution in [2.75, 3.05) is 18.6 Å². The van der Waals surface area contributed by atoms with E-state index >= 15 is 0 Å². The van der Waals surface area contributed by atoms with Crippen molar-refractivity contribution in [3.05, 3.63) is 27.7 Å². The number of hydrogen-bond donors (Lipinski definition) is 2. The van der Waals surface area contributed by atoms with Gasteiger partial charge in [0.15, 0.2) is 5.75 Å². The standard InChI is InChI=1S/C15H21Cl2NO3S/c1-3-5-21-14-11(16)7-10(8-12(14)17)9-18-13(15(19)20)4-6-22-2/h7-8,13,18H,3-6,9H2,1-2H3,(H,19,20). The average molecular weight is 366 g/mol. The normalized spacial score (nSPS) is 12.2. The Hall–Kier alpha value is -0.620. The highest BCUT2D eigenvalue weighted by Crippen LogP contribution is 2.34. The van der Waals surface area contributed by atoms with Crippen molar-refractivity contribution in [3.63, 3.8) is 0 Å². The predicted molar refractivity (Wildman–Crippen MR) is 93.5 cm³/mol. The average Bonchev–Trinajstić information content (AvgIpc) is 2.46. The van der Waals surface area contributed by atoms with E-state index in [9.17, 15) is 9.90 Å². The fourth-order valence-corrected chi connectivity index (χ4v) is 2.96. The first-order chi connectivity index (χ1) is 10.5. The van der Waals surface area contributed by atoms with Gasteiger partial charge in [-0.25, -0.2) is 0 Å². The van der Waals surface area contributed by atoms with Crippen molar-refractivity contribution < 1.29 is 14.6 Å². The smallest absolute Gasteiger partial charge is 0.320 e. The van der Waals surface area contributed by atoms with Crippen LogP contribution in [0.5, 0.6) is 5.75 Å². The SMILES string of the molecule is CCCOc1c(Cl)cc(CNC(CCSC)C(=O)O)cc1Cl. The Bertz CT molecular complexity index is 477. The van der Waals surface area contributed by atoms with Gasteiger partial charge in [0.05, 0.1) is 16.7 Å². The van der Waals surface area contributed by atoms with Crippen molar-refractivity contribution in [2.24, 2.45) is 0 Å². The van der Waals surface area contributed by atoms with Gasteiger partial charge in [-0.05, 0) is 42.5 Å². The highest BCUT2D eigenvalue weighted by Gasteiger charge is 2.17. The Morgan fingerprint density at radius 3 is 2.55 bits per heavy atom. The van der Waals surface area contributed by atoms with E-state index in [-0.39, 0.29) is 0 Å². The molecule has 0 aliphatic heterocycles. The first kappa shape index (κ1) is 19.4. The lowest BCUT2D eigenvalue weighted by atomic mass is 10.1. The molecule has 0 aliphatic rings. The molecule has 0 bridgehead atoms. The molecule has 0 heterocycles. The minimum Gasteiger partial charge on any atom is -0.490 e. The van der Waals surface area contributed by atoms with Crippen LogP contribution in [0.1, 0.15) is 25.3 Å². The van der Waals surface area contributed by atoms with Crippen molar-refractivity contribution in [2.45, 2.75) is 32.4 Å². The third-order valence-electron chi connectivity index (χ3n) is 2.97. The van der Waals surface area contributed by atoms with E-state index in [2.05, 4.69) is 5.32 Å². The van der Waals surface area contributed by atoms with Crippen molar-refractivity contribution in [1.82, 2.24) is 5.32 Å². The van der Waals surface area contributed by atoms with Crippen LogP contribution < -0.4 is 10.1 Å². The monoisotopic (exact) mass is 365 g/mol. The summed E-state index contributed by atoms with van der Waals surface area (Å²) >= 11 is 14.0. The molecule has 1 atom stereocenters. The number of aliphatic carboxylic acids is 1. The molecule has 0 radical (unpaired) electrons. The summed E-state index contributed by atoms with van der Waals surface area (Å²) < 4.78 is 5.51. The lowest BCUT2D eigenvalue weighted by Gasteiger charge is -2.15. The number of carbonyl (C=O) groups is 1. The first-order valence-electron chi connectivity index (χ1n) is 7.05. The number of ether oxygens (including phenoxy) is 1. The van der Waals surface area contributed by atoms with Crippen LogP contribution in [0.2, 0.25) is 10.0 Å². The molecule has 2 N–H and O–H groups in total. The summed E-state index contributed by atoms with van der Waals surface area (Å²) in [5.41, 5.74) is 0.828. The van der Waals surface area contributed by atoms with Crippen LogP contribution in [0.25, 0.3) is 0 Å². The third kappa shape index (κ3) is 6.24. The van der Waals surface area contributed by atoms with E-state index in [1.54, 1.807) is 23.9 Å². The molecule has 1 unspecified atom stereocenters. The molecule has 22 heavy (non-hydrogen) atoms. The molecular weight excluding hydrogens is 345 g/mol. The van der Waals surface area contributed by atoms with Gasteiger partial charge >= 0.3 is 5.97 Å². The highest BCUT2D eigenvalue weighted by molar-refractivity contribution is 7.98. The number of hydrogen-bond acceptors (Lipinski definition) is 4. The minimum absolute atomic E-state index is 0.388. The molecule has 0 saturated carbocycles. The Kier molecular flexibility index (Phi) is 9.02. The second kappa shape index (κ2) is 10.2. The number of benzene rings is 1. The first-order valence-corrected chi connectivity index (χ1v) is 9.20. The summed E-state index contributed by atoms with van der Waals surface area (Å²) in [6.07, 6.45) is 3.38. The van der Waals surface area contributed by atoms with Gasteiger partial charge in [-0.1, -0.05) is 30.1 Å². The zero-order valence-corrected chi connectivity index (χ0v) is 15.0. The molecule has 4 nitrogen and oxygen atoms in total. The van der Waals surface area contributed by atoms with Gasteiger partial charge in [0, 0.05) is 6.54 Å². The van der Waals surface area contributed by atoms with Gasteiger partial charge in [0.1, 0.15) is 6.04 Å². The van der Waals surface area contributed by atoms with Gasteiger partial charge in [0.2, 0.25) is 0 Å². The fraction of sp³-hybridized carbons (Fsp3) is 0.533. The molecule has 7 heteroatoms. The number of nitrogens with one attached hydrogen (secondary N) is 1. The fourth-order valence-electron chi connectivity index (χ4n) is 1.85. The molecule has 0 aromatic heterocycles. The van der Waals surface area contributed by atoms with E-state index in [4.69, 9.17) is 27.9 Å². The maximum absolute atomic E-state index is 11.2. The summed E-state index contributed by atoms with van der Waals surface area (Å²) in [4.78, 5) is 11.2. The zero-order valence-electron chi connectivity index (χ0n) is 12.7. The summed E-state index contributed by atoms with van der Waals surface area (Å²) in [7, 11) is 0. The molecular formula is C15H21Cl2NO3S. The van der Waals surface area contributed by atoms with E-state index < -0.39 is 12.0 Å². The maximum atomic E-state index is 11.2. The topological polar surface area (TPSA) is 58.6 Å². The van der Waals surface area contributed by atoms with Gasteiger partial charge in [0.25, 0.3) is 0 Å². The van der Waals surface area contributed by atoms with Crippen LogP contribution in [-0.4, -0.2) is 35.7 Å². The molecule has 0 fully saturated rings. The Balaban J connectivity index is 2.71. The van der Waals surface area contributed by atoms with Crippen molar-refractivity contribution >= 4 is 40.9 Å². The van der Waals surface area contributed by atoms with Gasteiger partial charge in [-0.15, -0.1) is 0 Å². The minimum atomic E-state index is -0.853. The Labute approximate surface area is 145 Å². The molecule has 124 valence electrons. The van der Waals surface area contributed by atoms with Crippen LogP contribution in [-0.2, 0) is 11.3 Å². The van der Waals surface area contributed by atoms with Crippen molar-refractivity contribution in [1.29, 1.82) is 0 Å². The molecule has 0 amide bonds. The molecule has 1 rings (SSSR count). The summed E-state index contributed by atoms with van der Waals surface area (Å²) in [6.45, 7) is 2.94. The van der Waals surface area contributed by atoms with E-state index in [1.165, 1.54) is 0 Å². The lowest BCUT2D eigenvalue weighted by molar-refractivity contribution is -0.139. The summed E-state index contributed by atoms with van der Waals surface area (Å²) in [5, 5.41) is 13.1. The third-order valence-corrected chi connectivity index (χ3v) is 4.18. The quantitative estimate of drug-likeness (QED) is 0.654. The molecule has 0 aliphatic carbocycles. The van der Waals surface area contributed by atoms with Crippen LogP contribution >= 0.6 is 35.0 Å². The lowest BCUT2D eigenvalue weighted by Crippen LogP contribution is -2.36. The molecule has 0 saturated heterocycles. The second-order valence-electron chi connectivity index (χ2n) is 4.79. The number of halogens is 2. The van der Waals surface area contributed by atoms with E-state index in [1.807, 2.05) is 13.2 Å². The summed E-state index contributed by atoms with van der Waals surface area (Å²) in [5.74, 6) is 0.412. The summed E-state index contributed by atoms with van der Waals surface area (Å²) in [6, 6.07) is 2.92. The van der Waals surface area contributed by atoms with Crippen LogP contribution in [0.3, 0.4) is 0 Å². The number of thioether (sulfide) groups is 1. The van der Waals surface area contributed by atoms with E-state index in [0.717, 1.165) is 17.7 Å². The Morgan fingerprint density at radius 2 is 2.05 bits per heavy atom. The number of carboxylic acid groups (broad SMARTS) is 1. The van der Waals surface area contributed by atoms with E-state index in [0.29, 0.717) is 35.4 Å². The molecule has 1 aromatic carbocycles.